The Morgan fingerprint density at radius 3 is 2.23 bits per heavy atom. The molecule has 0 spiro atoms. The van der Waals surface area contributed by atoms with Crippen LogP contribution in [0.1, 0.15) is 42.0 Å². The molecule has 2 rings (SSSR count). The van der Waals surface area contributed by atoms with E-state index in [-0.39, 0.29) is 17.3 Å². The molecular formula is C25H30N4O2. The molecule has 1 amide bonds. The van der Waals surface area contributed by atoms with Crippen LogP contribution in [0.2, 0.25) is 0 Å². The fourth-order valence-electron chi connectivity index (χ4n) is 2.91. The van der Waals surface area contributed by atoms with Gasteiger partial charge in [-0.15, -0.1) is 0 Å². The van der Waals surface area contributed by atoms with Crippen LogP contribution >= 0.6 is 0 Å². The molecule has 0 aromatic heterocycles. The Balaban J connectivity index is 1.85. The summed E-state index contributed by atoms with van der Waals surface area (Å²) in [6.45, 7) is 6.47. The summed E-state index contributed by atoms with van der Waals surface area (Å²) in [6, 6.07) is 15.2. The van der Waals surface area contributed by atoms with Crippen LogP contribution in [-0.2, 0) is 29.1 Å². The van der Waals surface area contributed by atoms with Gasteiger partial charge in [0.15, 0.2) is 0 Å². The predicted molar refractivity (Wildman–Crippen MR) is 126 cm³/mol. The lowest BCUT2D eigenvalue weighted by Gasteiger charge is -2.07. The van der Waals surface area contributed by atoms with Crippen LogP contribution in [0.5, 0.6) is 0 Å². The van der Waals surface area contributed by atoms with Crippen LogP contribution in [0.4, 0.5) is 0 Å². The zero-order chi connectivity index (χ0) is 22.6. The molecular weight excluding hydrogens is 388 g/mol. The normalized spacial score (nSPS) is 11.5. The highest BCUT2D eigenvalue weighted by atomic mass is 16.1. The number of carbonyl (C=O) groups is 2. The fourth-order valence-corrected chi connectivity index (χ4v) is 2.91. The van der Waals surface area contributed by atoms with E-state index in [0.29, 0.717) is 31.6 Å². The van der Waals surface area contributed by atoms with Crippen LogP contribution in [-0.4, -0.2) is 17.9 Å². The molecule has 0 radical (unpaired) electrons. The average Bonchev–Trinajstić information content (AvgIpc) is 2.76. The van der Waals surface area contributed by atoms with Gasteiger partial charge in [0.05, 0.1) is 12.1 Å². The van der Waals surface area contributed by atoms with Gasteiger partial charge in [0.25, 0.3) is 5.91 Å². The lowest BCUT2D eigenvalue weighted by atomic mass is 10.0. The third-order valence-electron chi connectivity index (χ3n) is 4.68. The van der Waals surface area contributed by atoms with Crippen LogP contribution in [0.15, 0.2) is 71.9 Å². The van der Waals surface area contributed by atoms with Crippen molar-refractivity contribution in [3.05, 3.63) is 89.1 Å². The van der Waals surface area contributed by atoms with Crippen molar-refractivity contribution in [3.63, 3.8) is 0 Å². The molecule has 5 N–H and O–H groups in total. The van der Waals surface area contributed by atoms with Gasteiger partial charge in [-0.05, 0) is 28.7 Å². The fraction of sp³-hybridized carbons (Fsp3) is 0.240. The van der Waals surface area contributed by atoms with Crippen molar-refractivity contribution >= 4 is 23.6 Å². The van der Waals surface area contributed by atoms with Crippen molar-refractivity contribution in [2.75, 3.05) is 0 Å². The molecule has 2 aromatic carbocycles. The first-order valence-corrected chi connectivity index (χ1v) is 10.3. The van der Waals surface area contributed by atoms with Crippen LogP contribution < -0.4 is 16.8 Å². The number of Topliss-reactive ketones (excluding diaryl/α,β-unsaturated/α-hetero) is 1. The van der Waals surface area contributed by atoms with Crippen LogP contribution in [0.3, 0.4) is 0 Å². The second kappa shape index (κ2) is 12.1. The van der Waals surface area contributed by atoms with E-state index in [9.17, 15) is 9.59 Å². The molecule has 0 unspecified atom stereocenters. The summed E-state index contributed by atoms with van der Waals surface area (Å²) in [7, 11) is 0. The second-order valence-corrected chi connectivity index (χ2v) is 7.28. The second-order valence-electron chi connectivity index (χ2n) is 7.28. The minimum absolute atomic E-state index is 0.248. The number of carbonyl (C=O) groups excluding carboxylic acids is 2. The molecule has 6 nitrogen and oxygen atoms in total. The topological polar surface area (TPSA) is 111 Å². The molecule has 0 aliphatic heterocycles. The number of nitrogens with zero attached hydrogens (tertiary/aromatic N) is 1. The van der Waals surface area contributed by atoms with Crippen molar-refractivity contribution in [2.45, 2.75) is 39.3 Å². The van der Waals surface area contributed by atoms with E-state index in [1.54, 1.807) is 0 Å². The Hall–Kier alpha value is -3.67. The number of aliphatic imine (C=N–C) groups is 1. The molecule has 0 fully saturated rings. The van der Waals surface area contributed by atoms with Crippen molar-refractivity contribution in [1.29, 1.82) is 0 Å². The Labute approximate surface area is 183 Å². The summed E-state index contributed by atoms with van der Waals surface area (Å²) in [5.74, 6) is -0.0545. The van der Waals surface area contributed by atoms with E-state index in [2.05, 4.69) is 16.9 Å². The Bertz CT molecular complexity index is 958. The number of benzene rings is 2. The first kappa shape index (κ1) is 23.6. The summed E-state index contributed by atoms with van der Waals surface area (Å²) in [4.78, 5) is 28.4. The first-order valence-electron chi connectivity index (χ1n) is 10.3. The quantitative estimate of drug-likeness (QED) is 0.384. The zero-order valence-electron chi connectivity index (χ0n) is 17.9. The van der Waals surface area contributed by atoms with Crippen LogP contribution in [0, 0.1) is 0 Å². The maximum absolute atomic E-state index is 12.3. The van der Waals surface area contributed by atoms with Gasteiger partial charge in [0.1, 0.15) is 5.78 Å². The molecule has 0 saturated heterocycles. The van der Waals surface area contributed by atoms with Crippen molar-refractivity contribution in [2.24, 2.45) is 16.5 Å². The Morgan fingerprint density at radius 1 is 1.03 bits per heavy atom. The monoisotopic (exact) mass is 418 g/mol. The molecule has 0 heterocycles. The van der Waals surface area contributed by atoms with Gasteiger partial charge < -0.3 is 16.8 Å². The minimum Gasteiger partial charge on any atom is -0.404 e. The number of hydrogen-bond donors (Lipinski definition) is 3. The molecule has 6 heteroatoms. The number of hydrogen-bond acceptors (Lipinski definition) is 5. The van der Waals surface area contributed by atoms with E-state index in [4.69, 9.17) is 11.5 Å². The van der Waals surface area contributed by atoms with Gasteiger partial charge in [-0.2, -0.15) is 0 Å². The first-order chi connectivity index (χ1) is 14.9. The summed E-state index contributed by atoms with van der Waals surface area (Å²) >= 11 is 0. The van der Waals surface area contributed by atoms with Crippen molar-refractivity contribution in [3.8, 4) is 0 Å². The molecule has 0 atom stereocenters. The minimum atomic E-state index is -0.302. The zero-order valence-corrected chi connectivity index (χ0v) is 17.9. The summed E-state index contributed by atoms with van der Waals surface area (Å²) in [5, 5.41) is 2.82. The molecule has 2 aromatic rings. The summed E-state index contributed by atoms with van der Waals surface area (Å²) < 4.78 is 0. The number of rotatable bonds is 11. The molecule has 0 bridgehead atoms. The van der Waals surface area contributed by atoms with E-state index >= 15 is 0 Å². The van der Waals surface area contributed by atoms with Gasteiger partial charge in [0, 0.05) is 37.5 Å². The van der Waals surface area contributed by atoms with E-state index in [1.807, 2.05) is 55.5 Å². The average molecular weight is 419 g/mol. The third-order valence-corrected chi connectivity index (χ3v) is 4.68. The maximum atomic E-state index is 12.3. The number of nitrogens with two attached hydrogens (primary N) is 2. The molecule has 0 aliphatic carbocycles. The van der Waals surface area contributed by atoms with Gasteiger partial charge >= 0.3 is 0 Å². The van der Waals surface area contributed by atoms with Gasteiger partial charge in [-0.1, -0.05) is 62.0 Å². The van der Waals surface area contributed by atoms with Gasteiger partial charge in [-0.3, -0.25) is 14.6 Å². The van der Waals surface area contributed by atoms with Gasteiger partial charge in [-0.25, -0.2) is 0 Å². The largest absolute Gasteiger partial charge is 0.404 e. The van der Waals surface area contributed by atoms with Crippen molar-refractivity contribution in [1.82, 2.24) is 5.32 Å². The number of nitrogens with one attached hydrogen (secondary N) is 1. The lowest BCUT2D eigenvalue weighted by molar-refractivity contribution is -0.118. The molecule has 162 valence electrons. The SMILES string of the molecule is C=C(N)c1ccc(CNC(=O)/C(C=NCc2ccc(CC(=O)CCC)cc2)=C/N)cc1. The Morgan fingerprint density at radius 2 is 1.65 bits per heavy atom. The highest BCUT2D eigenvalue weighted by Gasteiger charge is 2.07. The molecule has 0 aliphatic rings. The number of amides is 1. The molecule has 0 saturated carbocycles. The summed E-state index contributed by atoms with van der Waals surface area (Å²) in [6.07, 6.45) is 4.64. The highest BCUT2D eigenvalue weighted by molar-refractivity contribution is 6.11. The standard InChI is InChI=1S/C25H30N4O2/c1-3-4-24(30)13-19-5-7-20(8-6-19)15-28-17-23(14-26)25(31)29-16-21-9-11-22(12-10-21)18(2)27/h5-12,14,17H,2-4,13,15-16,26-27H2,1H3,(H,29,31)/b23-14+,28-17?. The predicted octanol–water partition coefficient (Wildman–Crippen LogP) is 3.26. The lowest BCUT2D eigenvalue weighted by Crippen LogP contribution is -2.25. The number of ketones is 1. The Kier molecular flexibility index (Phi) is 9.23. The van der Waals surface area contributed by atoms with E-state index < -0.39 is 0 Å². The highest BCUT2D eigenvalue weighted by Crippen LogP contribution is 2.10. The van der Waals surface area contributed by atoms with E-state index in [1.165, 1.54) is 12.4 Å². The van der Waals surface area contributed by atoms with Crippen molar-refractivity contribution < 1.29 is 9.59 Å². The third kappa shape index (κ3) is 7.93. The van der Waals surface area contributed by atoms with Crippen LogP contribution in [0.25, 0.3) is 5.70 Å². The smallest absolute Gasteiger partial charge is 0.254 e. The summed E-state index contributed by atoms with van der Waals surface area (Å²) in [5.41, 5.74) is 15.8. The van der Waals surface area contributed by atoms with Gasteiger partial charge in [0.2, 0.25) is 0 Å². The van der Waals surface area contributed by atoms with E-state index in [0.717, 1.165) is 28.7 Å². The molecule has 31 heavy (non-hydrogen) atoms. The maximum Gasteiger partial charge on any atom is 0.254 e.